The van der Waals surface area contributed by atoms with Crippen molar-refractivity contribution in [2.75, 3.05) is 31.1 Å². The van der Waals surface area contributed by atoms with E-state index in [-0.39, 0.29) is 5.02 Å². The Morgan fingerprint density at radius 1 is 1.15 bits per heavy atom. The summed E-state index contributed by atoms with van der Waals surface area (Å²) >= 11 is 5.82. The van der Waals surface area contributed by atoms with Gasteiger partial charge in [-0.15, -0.1) is 0 Å². The molecule has 0 aliphatic carbocycles. The van der Waals surface area contributed by atoms with E-state index in [0.29, 0.717) is 0 Å². The van der Waals surface area contributed by atoms with Gasteiger partial charge in [0.1, 0.15) is 18.0 Å². The number of rotatable bonds is 2. The van der Waals surface area contributed by atoms with E-state index in [2.05, 4.69) is 20.2 Å². The van der Waals surface area contributed by atoms with E-state index in [1.165, 1.54) is 12.4 Å². The second-order valence-corrected chi connectivity index (χ2v) is 5.03. The average molecular weight is 293 g/mol. The van der Waals surface area contributed by atoms with Crippen LogP contribution >= 0.6 is 11.6 Å². The van der Waals surface area contributed by atoms with Crippen molar-refractivity contribution in [2.24, 2.45) is 0 Å². The van der Waals surface area contributed by atoms with Gasteiger partial charge in [-0.05, 0) is 18.2 Å². The first-order valence-electron chi connectivity index (χ1n) is 6.47. The van der Waals surface area contributed by atoms with E-state index >= 15 is 0 Å². The van der Waals surface area contributed by atoms with Crippen LogP contribution in [0.15, 0.2) is 30.6 Å². The largest absolute Gasteiger partial charge is 0.354 e. The maximum absolute atomic E-state index is 13.2. The molecule has 2 aromatic rings. The quantitative estimate of drug-likeness (QED) is 0.922. The van der Waals surface area contributed by atoms with Gasteiger partial charge in [0.05, 0.1) is 10.7 Å². The number of benzene rings is 1. The summed E-state index contributed by atoms with van der Waals surface area (Å²) in [5.41, 5.74) is 1.53. The van der Waals surface area contributed by atoms with E-state index in [4.69, 9.17) is 11.6 Å². The van der Waals surface area contributed by atoms with E-state index in [9.17, 15) is 4.39 Å². The van der Waals surface area contributed by atoms with Gasteiger partial charge < -0.3 is 10.2 Å². The lowest BCUT2D eigenvalue weighted by molar-refractivity contribution is 0.584. The minimum atomic E-state index is -0.424. The van der Waals surface area contributed by atoms with E-state index in [1.54, 1.807) is 12.1 Å². The van der Waals surface area contributed by atoms with Gasteiger partial charge in [-0.1, -0.05) is 11.6 Å². The van der Waals surface area contributed by atoms with Gasteiger partial charge >= 0.3 is 0 Å². The molecule has 6 heteroatoms. The first-order valence-corrected chi connectivity index (χ1v) is 6.85. The lowest BCUT2D eigenvalue weighted by Crippen LogP contribution is -2.43. The fraction of sp³-hybridized carbons (Fsp3) is 0.286. The monoisotopic (exact) mass is 292 g/mol. The van der Waals surface area contributed by atoms with Crippen LogP contribution in [0.1, 0.15) is 0 Å². The molecule has 0 amide bonds. The Labute approximate surface area is 121 Å². The Morgan fingerprint density at radius 2 is 1.95 bits per heavy atom. The van der Waals surface area contributed by atoms with Crippen molar-refractivity contribution >= 4 is 17.4 Å². The van der Waals surface area contributed by atoms with Gasteiger partial charge in [0.15, 0.2) is 0 Å². The SMILES string of the molecule is Fc1ccc(-c2cc(N3CCNCC3)ncn2)cc1Cl. The highest BCUT2D eigenvalue weighted by atomic mass is 35.5. The number of halogens is 2. The number of hydrogen-bond acceptors (Lipinski definition) is 4. The minimum absolute atomic E-state index is 0.102. The van der Waals surface area contributed by atoms with Crippen molar-refractivity contribution in [3.05, 3.63) is 41.4 Å². The molecule has 1 aromatic heterocycles. The Kier molecular flexibility index (Phi) is 3.80. The fourth-order valence-corrected chi connectivity index (χ4v) is 2.41. The van der Waals surface area contributed by atoms with Crippen molar-refractivity contribution < 1.29 is 4.39 Å². The molecule has 0 radical (unpaired) electrons. The molecule has 1 aromatic carbocycles. The van der Waals surface area contributed by atoms with Crippen molar-refractivity contribution in [2.45, 2.75) is 0 Å². The fourth-order valence-electron chi connectivity index (χ4n) is 2.23. The summed E-state index contributed by atoms with van der Waals surface area (Å²) in [6, 6.07) is 6.52. The van der Waals surface area contributed by atoms with Crippen molar-refractivity contribution in [1.82, 2.24) is 15.3 Å². The van der Waals surface area contributed by atoms with Crippen LogP contribution in [-0.4, -0.2) is 36.1 Å². The third kappa shape index (κ3) is 2.73. The first-order chi connectivity index (χ1) is 9.74. The number of anilines is 1. The number of hydrogen-bond donors (Lipinski definition) is 1. The zero-order chi connectivity index (χ0) is 13.9. The highest BCUT2D eigenvalue weighted by Crippen LogP contribution is 2.25. The molecule has 2 heterocycles. The van der Waals surface area contributed by atoms with E-state index in [1.807, 2.05) is 6.07 Å². The van der Waals surface area contributed by atoms with E-state index < -0.39 is 5.82 Å². The van der Waals surface area contributed by atoms with Gasteiger partial charge in [-0.2, -0.15) is 0 Å². The molecule has 1 saturated heterocycles. The van der Waals surface area contributed by atoms with Crippen LogP contribution in [0.2, 0.25) is 5.02 Å². The zero-order valence-electron chi connectivity index (χ0n) is 10.8. The van der Waals surface area contributed by atoms with E-state index in [0.717, 1.165) is 43.3 Å². The molecule has 0 saturated carbocycles. The minimum Gasteiger partial charge on any atom is -0.354 e. The summed E-state index contributed by atoms with van der Waals surface area (Å²) in [5.74, 6) is 0.462. The van der Waals surface area contributed by atoms with Crippen LogP contribution in [0, 0.1) is 5.82 Å². The number of piperazine rings is 1. The molecule has 4 nitrogen and oxygen atoms in total. The highest BCUT2D eigenvalue weighted by molar-refractivity contribution is 6.31. The second-order valence-electron chi connectivity index (χ2n) is 4.63. The second kappa shape index (κ2) is 5.73. The molecule has 0 atom stereocenters. The van der Waals surface area contributed by atoms with Crippen LogP contribution in [0.5, 0.6) is 0 Å². The molecule has 1 aliphatic heterocycles. The normalized spacial score (nSPS) is 15.4. The van der Waals surface area contributed by atoms with Gasteiger partial charge in [-0.25, -0.2) is 14.4 Å². The third-order valence-corrected chi connectivity index (χ3v) is 3.60. The van der Waals surface area contributed by atoms with Crippen LogP contribution < -0.4 is 10.2 Å². The first kappa shape index (κ1) is 13.3. The number of nitrogens with one attached hydrogen (secondary N) is 1. The maximum Gasteiger partial charge on any atom is 0.141 e. The molecule has 20 heavy (non-hydrogen) atoms. The lowest BCUT2D eigenvalue weighted by atomic mass is 10.1. The molecule has 0 unspecified atom stereocenters. The smallest absolute Gasteiger partial charge is 0.141 e. The van der Waals surface area contributed by atoms with Crippen molar-refractivity contribution in [3.8, 4) is 11.3 Å². The predicted molar refractivity (Wildman–Crippen MR) is 77.5 cm³/mol. The third-order valence-electron chi connectivity index (χ3n) is 3.31. The molecule has 1 N–H and O–H groups in total. The molecule has 1 aliphatic rings. The zero-order valence-corrected chi connectivity index (χ0v) is 11.6. The van der Waals surface area contributed by atoms with Crippen LogP contribution in [0.4, 0.5) is 10.2 Å². The molecule has 3 rings (SSSR count). The predicted octanol–water partition coefficient (Wildman–Crippen LogP) is 2.35. The maximum atomic E-state index is 13.2. The van der Waals surface area contributed by atoms with Crippen molar-refractivity contribution in [3.63, 3.8) is 0 Å². The van der Waals surface area contributed by atoms with Crippen LogP contribution in [0.25, 0.3) is 11.3 Å². The summed E-state index contributed by atoms with van der Waals surface area (Å²) in [7, 11) is 0. The van der Waals surface area contributed by atoms with Crippen LogP contribution in [0.3, 0.4) is 0 Å². The number of nitrogens with zero attached hydrogens (tertiary/aromatic N) is 3. The summed E-state index contributed by atoms with van der Waals surface area (Å²) in [5, 5.41) is 3.40. The van der Waals surface area contributed by atoms with Gasteiger partial charge in [0, 0.05) is 37.8 Å². The summed E-state index contributed by atoms with van der Waals surface area (Å²) < 4.78 is 13.2. The van der Waals surface area contributed by atoms with Gasteiger partial charge in [0.2, 0.25) is 0 Å². The molecule has 0 spiro atoms. The standard InChI is InChI=1S/C14H14ClFN4/c15-11-7-10(1-2-12(11)16)13-8-14(19-9-18-13)20-5-3-17-4-6-20/h1-2,7-9,17H,3-6H2. The summed E-state index contributed by atoms with van der Waals surface area (Å²) in [6.45, 7) is 3.73. The Morgan fingerprint density at radius 3 is 2.70 bits per heavy atom. The molecular formula is C14H14ClFN4. The van der Waals surface area contributed by atoms with Crippen LogP contribution in [-0.2, 0) is 0 Å². The Bertz CT molecular complexity index is 614. The van der Waals surface area contributed by atoms with Gasteiger partial charge in [-0.3, -0.25) is 0 Å². The Hall–Kier alpha value is -1.72. The number of aromatic nitrogens is 2. The van der Waals surface area contributed by atoms with Gasteiger partial charge in [0.25, 0.3) is 0 Å². The topological polar surface area (TPSA) is 41.0 Å². The molecule has 104 valence electrons. The molecule has 0 bridgehead atoms. The molecular weight excluding hydrogens is 279 g/mol. The lowest BCUT2D eigenvalue weighted by Gasteiger charge is -2.28. The summed E-state index contributed by atoms with van der Waals surface area (Å²) in [6.07, 6.45) is 1.53. The van der Waals surface area contributed by atoms with Crippen molar-refractivity contribution in [1.29, 1.82) is 0 Å². The average Bonchev–Trinajstić information content (AvgIpc) is 2.51. The Balaban J connectivity index is 1.91. The summed E-state index contributed by atoms with van der Waals surface area (Å²) in [4.78, 5) is 10.8. The molecule has 1 fully saturated rings. The highest BCUT2D eigenvalue weighted by Gasteiger charge is 2.13.